The van der Waals surface area contributed by atoms with Crippen LogP contribution in [0.1, 0.15) is 58.3 Å². The molecule has 0 amide bonds. The van der Waals surface area contributed by atoms with E-state index in [1.165, 1.54) is 32.1 Å². The topological polar surface area (TPSA) is 15.3 Å². The van der Waals surface area contributed by atoms with Crippen LogP contribution in [0.15, 0.2) is 0 Å². The summed E-state index contributed by atoms with van der Waals surface area (Å²) in [6.07, 6.45) is 2.47. The number of halogens is 3. The van der Waals surface area contributed by atoms with Crippen LogP contribution in [0.4, 0.5) is 13.2 Å². The lowest BCUT2D eigenvalue weighted by atomic mass is 9.78. The zero-order chi connectivity index (χ0) is 14.6. The summed E-state index contributed by atoms with van der Waals surface area (Å²) >= 11 is 0. The van der Waals surface area contributed by atoms with Crippen LogP contribution in [0.25, 0.3) is 0 Å². The van der Waals surface area contributed by atoms with Crippen LogP contribution in [-0.2, 0) is 0 Å². The summed E-state index contributed by atoms with van der Waals surface area (Å²) < 4.78 is 36.8. The van der Waals surface area contributed by atoms with Gasteiger partial charge in [0.25, 0.3) is 0 Å². The molecule has 0 aromatic carbocycles. The summed E-state index contributed by atoms with van der Waals surface area (Å²) in [5.74, 6) is 0. The summed E-state index contributed by atoms with van der Waals surface area (Å²) in [5.41, 5.74) is 0.216. The number of alkyl halides is 3. The lowest BCUT2D eigenvalue weighted by Crippen LogP contribution is -2.64. The van der Waals surface area contributed by atoms with E-state index in [0.717, 1.165) is 19.6 Å². The maximum atomic E-state index is 12.3. The van der Waals surface area contributed by atoms with Crippen molar-refractivity contribution in [2.75, 3.05) is 19.6 Å². The molecule has 2 aliphatic rings. The summed E-state index contributed by atoms with van der Waals surface area (Å²) in [6, 6.07) is 0.262. The highest BCUT2D eigenvalue weighted by Crippen LogP contribution is 2.36. The van der Waals surface area contributed by atoms with Crippen molar-refractivity contribution in [1.29, 1.82) is 0 Å². The lowest BCUT2D eigenvalue weighted by Gasteiger charge is -2.52. The Bertz CT molecular complexity index is 290. The van der Waals surface area contributed by atoms with Gasteiger partial charge in [0.1, 0.15) is 0 Å². The predicted octanol–water partition coefficient (Wildman–Crippen LogP) is 3.72. The van der Waals surface area contributed by atoms with Crippen molar-refractivity contribution in [3.8, 4) is 0 Å². The van der Waals surface area contributed by atoms with Crippen LogP contribution in [0.3, 0.4) is 0 Å². The third-order valence-electron chi connectivity index (χ3n) is 4.99. The molecule has 0 bridgehead atoms. The Kier molecular flexibility index (Phi) is 5.35. The highest BCUT2D eigenvalue weighted by Gasteiger charge is 2.41. The number of nitrogens with zero attached hydrogens (tertiary/aromatic N) is 1. The quantitative estimate of drug-likeness (QED) is 0.849. The van der Waals surface area contributed by atoms with Crippen molar-refractivity contribution in [3.05, 3.63) is 0 Å². The van der Waals surface area contributed by atoms with E-state index >= 15 is 0 Å². The third-order valence-corrected chi connectivity index (χ3v) is 4.99. The summed E-state index contributed by atoms with van der Waals surface area (Å²) in [4.78, 5) is 2.51. The van der Waals surface area contributed by atoms with E-state index < -0.39 is 12.6 Å². The minimum Gasteiger partial charge on any atom is -0.314 e. The molecule has 2 fully saturated rings. The smallest absolute Gasteiger partial charge is 0.314 e. The lowest BCUT2D eigenvalue weighted by molar-refractivity contribution is -0.136. The van der Waals surface area contributed by atoms with Gasteiger partial charge >= 0.3 is 6.18 Å². The van der Waals surface area contributed by atoms with Crippen molar-refractivity contribution in [3.63, 3.8) is 0 Å². The molecule has 1 aliphatic carbocycles. The maximum absolute atomic E-state index is 12.3. The molecular weight excluding hydrogens is 265 g/mol. The molecule has 5 heteroatoms. The van der Waals surface area contributed by atoms with Crippen molar-refractivity contribution < 1.29 is 13.2 Å². The van der Waals surface area contributed by atoms with Crippen molar-refractivity contribution in [2.45, 2.75) is 76.0 Å². The Morgan fingerprint density at radius 2 is 1.90 bits per heavy atom. The fourth-order valence-electron chi connectivity index (χ4n) is 3.97. The monoisotopic (exact) mass is 292 g/mol. The number of hydrogen-bond donors (Lipinski definition) is 1. The molecule has 1 saturated heterocycles. The zero-order valence-electron chi connectivity index (χ0n) is 12.4. The standard InChI is InChI=1S/C15H27F3N2/c1-13(6-5-9-15(16,17)18)20-11-10-19-12-14(20)7-3-2-4-8-14/h13,19H,2-12H2,1H3. The molecule has 1 N–H and O–H groups in total. The second-order valence-corrected chi connectivity index (χ2v) is 6.51. The molecule has 20 heavy (non-hydrogen) atoms. The maximum Gasteiger partial charge on any atom is 0.389 e. The molecule has 0 aromatic rings. The van der Waals surface area contributed by atoms with E-state index in [0.29, 0.717) is 6.42 Å². The molecule has 0 aromatic heterocycles. The van der Waals surface area contributed by atoms with E-state index in [1.54, 1.807) is 0 Å². The number of hydrogen-bond acceptors (Lipinski definition) is 2. The van der Waals surface area contributed by atoms with Crippen LogP contribution in [0.5, 0.6) is 0 Å². The average molecular weight is 292 g/mol. The number of rotatable bonds is 4. The van der Waals surface area contributed by atoms with Gasteiger partial charge in [0.15, 0.2) is 0 Å². The number of piperazine rings is 1. The van der Waals surface area contributed by atoms with Gasteiger partial charge in [-0.2, -0.15) is 13.2 Å². The molecule has 2 rings (SSSR count). The highest BCUT2D eigenvalue weighted by atomic mass is 19.4. The molecule has 1 spiro atoms. The number of nitrogens with one attached hydrogen (secondary N) is 1. The minimum absolute atomic E-state index is 0.216. The largest absolute Gasteiger partial charge is 0.389 e. The van der Waals surface area contributed by atoms with Gasteiger partial charge in [-0.3, -0.25) is 4.90 Å². The van der Waals surface area contributed by atoms with Gasteiger partial charge in [-0.25, -0.2) is 0 Å². The predicted molar refractivity (Wildman–Crippen MR) is 74.8 cm³/mol. The first-order chi connectivity index (χ1) is 9.43. The van der Waals surface area contributed by atoms with Gasteiger partial charge < -0.3 is 5.32 Å². The van der Waals surface area contributed by atoms with Crippen LogP contribution in [0.2, 0.25) is 0 Å². The highest BCUT2D eigenvalue weighted by molar-refractivity contribution is 4.99. The third kappa shape index (κ3) is 4.10. The minimum atomic E-state index is -4.01. The van der Waals surface area contributed by atoms with E-state index in [9.17, 15) is 13.2 Å². The van der Waals surface area contributed by atoms with Gasteiger partial charge in [-0.05, 0) is 32.6 Å². The summed E-state index contributed by atoms with van der Waals surface area (Å²) in [6.45, 7) is 5.06. The van der Waals surface area contributed by atoms with Gasteiger partial charge in [0, 0.05) is 37.6 Å². The summed E-state index contributed by atoms with van der Waals surface area (Å²) in [5, 5.41) is 3.49. The van der Waals surface area contributed by atoms with Crippen LogP contribution >= 0.6 is 0 Å². The Hall–Kier alpha value is -0.290. The summed E-state index contributed by atoms with van der Waals surface area (Å²) in [7, 11) is 0. The Labute approximate surface area is 120 Å². The second-order valence-electron chi connectivity index (χ2n) is 6.51. The van der Waals surface area contributed by atoms with E-state index in [-0.39, 0.29) is 18.0 Å². The van der Waals surface area contributed by atoms with Crippen molar-refractivity contribution in [2.24, 2.45) is 0 Å². The van der Waals surface area contributed by atoms with Gasteiger partial charge in [-0.15, -0.1) is 0 Å². The SMILES string of the molecule is CC(CCCC(F)(F)F)N1CCNCC12CCCCC2. The van der Waals surface area contributed by atoms with Gasteiger partial charge in [-0.1, -0.05) is 19.3 Å². The van der Waals surface area contributed by atoms with Gasteiger partial charge in [0.2, 0.25) is 0 Å². The molecule has 2 nitrogen and oxygen atoms in total. The first-order valence-corrected chi connectivity index (χ1v) is 7.97. The molecule has 1 saturated carbocycles. The van der Waals surface area contributed by atoms with E-state index in [1.807, 2.05) is 0 Å². The fourth-order valence-corrected chi connectivity index (χ4v) is 3.97. The van der Waals surface area contributed by atoms with Crippen LogP contribution in [0, 0.1) is 0 Å². The Balaban J connectivity index is 1.90. The molecule has 118 valence electrons. The molecular formula is C15H27F3N2. The first kappa shape index (κ1) is 16.1. The van der Waals surface area contributed by atoms with Crippen LogP contribution in [-0.4, -0.2) is 42.3 Å². The fraction of sp³-hybridized carbons (Fsp3) is 1.00. The molecule has 1 heterocycles. The zero-order valence-corrected chi connectivity index (χ0v) is 12.4. The Morgan fingerprint density at radius 3 is 2.55 bits per heavy atom. The van der Waals surface area contributed by atoms with E-state index in [2.05, 4.69) is 17.1 Å². The normalized spacial score (nSPS) is 25.8. The first-order valence-electron chi connectivity index (χ1n) is 7.97. The van der Waals surface area contributed by atoms with Crippen molar-refractivity contribution in [1.82, 2.24) is 10.2 Å². The van der Waals surface area contributed by atoms with Crippen LogP contribution < -0.4 is 5.32 Å². The molecule has 1 atom stereocenters. The van der Waals surface area contributed by atoms with E-state index in [4.69, 9.17) is 0 Å². The molecule has 0 radical (unpaired) electrons. The second kappa shape index (κ2) is 6.65. The van der Waals surface area contributed by atoms with Crippen molar-refractivity contribution >= 4 is 0 Å². The molecule has 1 unspecified atom stereocenters. The average Bonchev–Trinajstić information content (AvgIpc) is 2.38. The Morgan fingerprint density at radius 1 is 1.20 bits per heavy atom. The van der Waals surface area contributed by atoms with Gasteiger partial charge in [0.05, 0.1) is 0 Å². The molecule has 1 aliphatic heterocycles.